The molecule has 1 amide bonds. The van der Waals surface area contributed by atoms with Crippen LogP contribution in [0.15, 0.2) is 30.3 Å². The largest absolute Gasteiger partial charge is 0.478 e. The highest BCUT2D eigenvalue weighted by Gasteiger charge is 2.55. The fraction of sp³-hybridized carbons (Fsp3) is 0.467. The minimum atomic E-state index is -1.40. The maximum atomic E-state index is 11.9. The topological polar surface area (TPSA) is 76.1 Å². The molecule has 1 heterocycles. The van der Waals surface area contributed by atoms with Crippen molar-refractivity contribution in [2.24, 2.45) is 0 Å². The van der Waals surface area contributed by atoms with Crippen LogP contribution in [0, 0.1) is 0 Å². The summed E-state index contributed by atoms with van der Waals surface area (Å²) < 4.78 is 10.8. The molecule has 0 radical (unpaired) electrons. The van der Waals surface area contributed by atoms with Crippen LogP contribution >= 0.6 is 0 Å². The van der Waals surface area contributed by atoms with E-state index in [9.17, 15) is 14.7 Å². The molecule has 0 spiro atoms. The molecule has 0 aliphatic carbocycles. The van der Waals surface area contributed by atoms with Crippen LogP contribution in [-0.4, -0.2) is 46.4 Å². The summed E-state index contributed by atoms with van der Waals surface area (Å²) in [4.78, 5) is 24.6. The van der Waals surface area contributed by atoms with E-state index in [1.54, 1.807) is 45.0 Å². The average Bonchev–Trinajstić information content (AvgIpc) is 2.31. The number of amides is 1. The summed E-state index contributed by atoms with van der Waals surface area (Å²) in [7, 11) is 0. The van der Waals surface area contributed by atoms with Crippen molar-refractivity contribution in [2.45, 2.75) is 32.0 Å². The predicted octanol–water partition coefficient (Wildman–Crippen LogP) is 2.14. The van der Waals surface area contributed by atoms with Gasteiger partial charge >= 0.3 is 12.1 Å². The van der Waals surface area contributed by atoms with Crippen molar-refractivity contribution in [3.8, 4) is 5.75 Å². The van der Waals surface area contributed by atoms with E-state index in [1.807, 2.05) is 6.07 Å². The molecule has 1 aliphatic rings. The Labute approximate surface area is 123 Å². The lowest BCUT2D eigenvalue weighted by molar-refractivity contribution is -0.170. The van der Waals surface area contributed by atoms with Crippen LogP contribution in [-0.2, 0) is 9.53 Å². The van der Waals surface area contributed by atoms with E-state index < -0.39 is 23.3 Å². The molecule has 1 aliphatic heterocycles. The zero-order chi connectivity index (χ0) is 15.7. The number of benzene rings is 1. The summed E-state index contributed by atoms with van der Waals surface area (Å²) in [5.74, 6) is -0.630. The normalized spacial score (nSPS) is 16.8. The third-order valence-corrected chi connectivity index (χ3v) is 2.99. The monoisotopic (exact) mass is 293 g/mol. The van der Waals surface area contributed by atoms with Gasteiger partial charge in [0.1, 0.15) is 11.4 Å². The number of carbonyl (C=O) groups excluding carboxylic acids is 1. The molecule has 0 unspecified atom stereocenters. The van der Waals surface area contributed by atoms with E-state index in [0.717, 1.165) is 0 Å². The molecule has 0 aromatic heterocycles. The molecule has 1 N–H and O–H groups in total. The van der Waals surface area contributed by atoms with E-state index in [-0.39, 0.29) is 13.1 Å². The number of aliphatic carboxylic acids is 1. The number of carboxylic acids is 1. The number of para-hydroxylation sites is 1. The maximum Gasteiger partial charge on any atom is 0.410 e. The first-order valence-corrected chi connectivity index (χ1v) is 6.67. The summed E-state index contributed by atoms with van der Waals surface area (Å²) in [5.41, 5.74) is -2.02. The average molecular weight is 293 g/mol. The van der Waals surface area contributed by atoms with Gasteiger partial charge in [0, 0.05) is 0 Å². The first kappa shape index (κ1) is 15.2. The van der Waals surface area contributed by atoms with E-state index in [4.69, 9.17) is 9.47 Å². The van der Waals surface area contributed by atoms with Crippen molar-refractivity contribution in [3.63, 3.8) is 0 Å². The number of ether oxygens (including phenoxy) is 2. The molecule has 6 heteroatoms. The van der Waals surface area contributed by atoms with Crippen molar-refractivity contribution >= 4 is 12.1 Å². The van der Waals surface area contributed by atoms with Crippen LogP contribution in [0.3, 0.4) is 0 Å². The van der Waals surface area contributed by atoms with Gasteiger partial charge in [-0.3, -0.25) is 4.90 Å². The van der Waals surface area contributed by atoms with Crippen molar-refractivity contribution < 1.29 is 24.2 Å². The predicted molar refractivity (Wildman–Crippen MR) is 75.2 cm³/mol. The first-order chi connectivity index (χ1) is 9.72. The summed E-state index contributed by atoms with van der Waals surface area (Å²) in [6.07, 6.45) is -0.531. The molecular weight excluding hydrogens is 274 g/mol. The number of likely N-dealkylation sites (tertiary alicyclic amines) is 1. The number of carboxylic acid groups (broad SMARTS) is 1. The molecular formula is C15H19NO5. The van der Waals surface area contributed by atoms with Gasteiger partial charge in [0.15, 0.2) is 0 Å². The second-order valence-electron chi connectivity index (χ2n) is 6.05. The Morgan fingerprint density at radius 1 is 1.19 bits per heavy atom. The molecule has 0 bridgehead atoms. The number of hydrogen-bond acceptors (Lipinski definition) is 4. The van der Waals surface area contributed by atoms with Crippen molar-refractivity contribution in [3.05, 3.63) is 30.3 Å². The Balaban J connectivity index is 2.02. The van der Waals surface area contributed by atoms with Crippen LogP contribution in [0.5, 0.6) is 5.75 Å². The van der Waals surface area contributed by atoms with Gasteiger partial charge in [-0.05, 0) is 32.9 Å². The van der Waals surface area contributed by atoms with Crippen LogP contribution in [0.1, 0.15) is 20.8 Å². The third kappa shape index (κ3) is 3.45. The summed E-state index contributed by atoms with van der Waals surface area (Å²) in [6.45, 7) is 5.21. The maximum absolute atomic E-state index is 11.9. The first-order valence-electron chi connectivity index (χ1n) is 6.67. The minimum absolute atomic E-state index is 0.0356. The van der Waals surface area contributed by atoms with Crippen molar-refractivity contribution in [1.29, 1.82) is 0 Å². The Bertz CT molecular complexity index is 529. The van der Waals surface area contributed by atoms with Gasteiger partial charge in [-0.15, -0.1) is 0 Å². The zero-order valence-electron chi connectivity index (χ0n) is 12.3. The van der Waals surface area contributed by atoms with Crippen LogP contribution in [0.4, 0.5) is 4.79 Å². The fourth-order valence-corrected chi connectivity index (χ4v) is 1.98. The standard InChI is InChI=1S/C15H19NO5/c1-14(2,3)21-13(19)16-9-15(10-16,12(17)18)20-11-7-5-4-6-8-11/h4-8H,9-10H2,1-3H3,(H,17,18). The van der Waals surface area contributed by atoms with Gasteiger partial charge in [0.25, 0.3) is 0 Å². The molecule has 1 fully saturated rings. The molecule has 1 aromatic rings. The molecule has 0 saturated carbocycles. The SMILES string of the molecule is CC(C)(C)OC(=O)N1CC(Oc2ccccc2)(C(=O)O)C1. The van der Waals surface area contributed by atoms with Crippen LogP contribution in [0.25, 0.3) is 0 Å². The minimum Gasteiger partial charge on any atom is -0.478 e. The second kappa shape index (κ2) is 5.27. The number of hydrogen-bond donors (Lipinski definition) is 1. The molecule has 1 saturated heterocycles. The highest BCUT2D eigenvalue weighted by Crippen LogP contribution is 2.29. The van der Waals surface area contributed by atoms with E-state index >= 15 is 0 Å². The number of carbonyl (C=O) groups is 2. The van der Waals surface area contributed by atoms with Gasteiger partial charge in [0.05, 0.1) is 13.1 Å². The van der Waals surface area contributed by atoms with Gasteiger partial charge in [0.2, 0.25) is 5.60 Å². The number of nitrogens with zero attached hydrogens (tertiary/aromatic N) is 1. The summed E-state index contributed by atoms with van der Waals surface area (Å²) in [6, 6.07) is 8.69. The van der Waals surface area contributed by atoms with Crippen molar-refractivity contribution in [1.82, 2.24) is 4.90 Å². The smallest absolute Gasteiger partial charge is 0.410 e. The lowest BCUT2D eigenvalue weighted by Crippen LogP contribution is -2.70. The molecule has 2 rings (SSSR count). The highest BCUT2D eigenvalue weighted by atomic mass is 16.6. The van der Waals surface area contributed by atoms with Crippen LogP contribution < -0.4 is 4.74 Å². The Kier molecular flexibility index (Phi) is 3.80. The second-order valence-corrected chi connectivity index (χ2v) is 6.05. The molecule has 0 atom stereocenters. The Hall–Kier alpha value is -2.24. The highest BCUT2D eigenvalue weighted by molar-refractivity contribution is 5.83. The fourth-order valence-electron chi connectivity index (χ4n) is 1.98. The van der Waals surface area contributed by atoms with Crippen molar-refractivity contribution in [2.75, 3.05) is 13.1 Å². The van der Waals surface area contributed by atoms with Gasteiger partial charge in [-0.2, -0.15) is 0 Å². The van der Waals surface area contributed by atoms with E-state index in [0.29, 0.717) is 5.75 Å². The zero-order valence-corrected chi connectivity index (χ0v) is 12.3. The third-order valence-electron chi connectivity index (χ3n) is 2.99. The molecule has 6 nitrogen and oxygen atoms in total. The lowest BCUT2D eigenvalue weighted by Gasteiger charge is -2.46. The molecule has 21 heavy (non-hydrogen) atoms. The van der Waals surface area contributed by atoms with Crippen LogP contribution in [0.2, 0.25) is 0 Å². The summed E-state index contributed by atoms with van der Waals surface area (Å²) in [5, 5.41) is 9.37. The quantitative estimate of drug-likeness (QED) is 0.924. The summed E-state index contributed by atoms with van der Waals surface area (Å²) >= 11 is 0. The van der Waals surface area contributed by atoms with Gasteiger partial charge < -0.3 is 14.6 Å². The lowest BCUT2D eigenvalue weighted by atomic mass is 9.94. The molecule has 114 valence electrons. The molecule has 1 aromatic carbocycles. The van der Waals surface area contributed by atoms with Gasteiger partial charge in [-0.1, -0.05) is 18.2 Å². The van der Waals surface area contributed by atoms with Gasteiger partial charge in [-0.25, -0.2) is 9.59 Å². The van der Waals surface area contributed by atoms with E-state index in [2.05, 4.69) is 0 Å². The Morgan fingerprint density at radius 2 is 1.76 bits per heavy atom. The Morgan fingerprint density at radius 3 is 2.24 bits per heavy atom. The number of rotatable bonds is 3. The van der Waals surface area contributed by atoms with E-state index in [1.165, 1.54) is 4.90 Å².